The van der Waals surface area contributed by atoms with Crippen LogP contribution in [0.1, 0.15) is 35.4 Å². The van der Waals surface area contributed by atoms with Crippen LogP contribution in [0.3, 0.4) is 0 Å². The highest BCUT2D eigenvalue weighted by Gasteiger charge is 2.47. The lowest BCUT2D eigenvalue weighted by atomic mass is 9.79. The molecule has 1 aromatic heterocycles. The molecule has 2 aliphatic heterocycles. The third kappa shape index (κ3) is 2.71. The van der Waals surface area contributed by atoms with Gasteiger partial charge in [-0.15, -0.1) is 0 Å². The lowest BCUT2D eigenvalue weighted by Gasteiger charge is -2.32. The van der Waals surface area contributed by atoms with E-state index in [1.165, 1.54) is 0 Å². The van der Waals surface area contributed by atoms with E-state index >= 15 is 0 Å². The van der Waals surface area contributed by atoms with Crippen molar-refractivity contribution in [3.05, 3.63) is 41.7 Å². The quantitative estimate of drug-likeness (QED) is 0.880. The maximum absolute atomic E-state index is 13.0. The molecule has 0 bridgehead atoms. The highest BCUT2D eigenvalue weighted by Crippen LogP contribution is 2.38. The number of nitrogens with zero attached hydrogens (tertiary/aromatic N) is 2. The number of rotatable bonds is 2. The first-order valence-corrected chi connectivity index (χ1v) is 8.79. The van der Waals surface area contributed by atoms with Gasteiger partial charge in [0.1, 0.15) is 11.5 Å². The Morgan fingerprint density at radius 3 is 2.80 bits per heavy atom. The highest BCUT2D eigenvalue weighted by molar-refractivity contribution is 5.95. The number of aromatic nitrogens is 2. The second kappa shape index (κ2) is 6.02. The molecular weight excluding hydrogens is 316 g/mol. The number of hydrogen-bond acceptors (Lipinski definition) is 3. The van der Waals surface area contributed by atoms with Gasteiger partial charge in [0, 0.05) is 30.9 Å². The number of imidazole rings is 1. The minimum Gasteiger partial charge on any atom is -0.356 e. The number of likely N-dealkylation sites (tertiary alicyclic amines) is 1. The summed E-state index contributed by atoms with van der Waals surface area (Å²) in [5.41, 5.74) is 1.76. The van der Waals surface area contributed by atoms with Gasteiger partial charge in [-0.1, -0.05) is 30.3 Å². The van der Waals surface area contributed by atoms with Gasteiger partial charge in [0.05, 0.1) is 5.41 Å². The summed E-state index contributed by atoms with van der Waals surface area (Å²) in [7, 11) is 0. The highest BCUT2D eigenvalue weighted by atomic mass is 16.2. The van der Waals surface area contributed by atoms with E-state index in [0.717, 1.165) is 37.1 Å². The van der Waals surface area contributed by atoms with Crippen molar-refractivity contribution in [2.24, 2.45) is 5.41 Å². The van der Waals surface area contributed by atoms with Gasteiger partial charge in [0.2, 0.25) is 5.91 Å². The Morgan fingerprint density at radius 1 is 1.24 bits per heavy atom. The fraction of sp³-hybridized carbons (Fsp3) is 0.421. The summed E-state index contributed by atoms with van der Waals surface area (Å²) >= 11 is 0. The number of hydrogen-bond donors (Lipinski definition) is 2. The molecule has 2 N–H and O–H groups in total. The van der Waals surface area contributed by atoms with E-state index in [-0.39, 0.29) is 11.8 Å². The molecule has 0 aliphatic carbocycles. The fourth-order valence-corrected chi connectivity index (χ4v) is 3.92. The molecule has 2 aliphatic rings. The van der Waals surface area contributed by atoms with Gasteiger partial charge in [-0.25, -0.2) is 4.98 Å². The average Bonchev–Trinajstić information content (AvgIpc) is 3.23. The van der Waals surface area contributed by atoms with Crippen molar-refractivity contribution in [2.45, 2.75) is 26.2 Å². The van der Waals surface area contributed by atoms with Gasteiger partial charge < -0.3 is 15.2 Å². The van der Waals surface area contributed by atoms with Crippen molar-refractivity contribution < 1.29 is 9.59 Å². The second-order valence-corrected chi connectivity index (χ2v) is 7.04. The molecule has 6 heteroatoms. The largest absolute Gasteiger partial charge is 0.356 e. The van der Waals surface area contributed by atoms with Gasteiger partial charge in [0.15, 0.2) is 0 Å². The molecule has 6 nitrogen and oxygen atoms in total. The summed E-state index contributed by atoms with van der Waals surface area (Å²) in [6.07, 6.45) is 2.57. The number of carbonyl (C=O) groups is 2. The maximum Gasteiger partial charge on any atom is 0.274 e. The van der Waals surface area contributed by atoms with E-state index in [4.69, 9.17) is 0 Å². The van der Waals surface area contributed by atoms with Crippen molar-refractivity contribution in [1.82, 2.24) is 20.2 Å². The maximum atomic E-state index is 13.0. The molecule has 0 saturated carbocycles. The van der Waals surface area contributed by atoms with Crippen LogP contribution in [0.5, 0.6) is 0 Å². The topological polar surface area (TPSA) is 78.1 Å². The van der Waals surface area contributed by atoms with Gasteiger partial charge in [-0.05, 0) is 26.2 Å². The molecule has 2 fully saturated rings. The van der Waals surface area contributed by atoms with Crippen LogP contribution in [0.4, 0.5) is 0 Å². The molecule has 2 saturated heterocycles. The molecule has 0 unspecified atom stereocenters. The number of H-pyrrole nitrogens is 1. The van der Waals surface area contributed by atoms with Crippen LogP contribution >= 0.6 is 0 Å². The predicted molar refractivity (Wildman–Crippen MR) is 94.0 cm³/mol. The molecular formula is C19H22N4O2. The molecule has 4 rings (SSSR count). The first-order chi connectivity index (χ1) is 12.1. The normalized spacial score (nSPS) is 23.1. The van der Waals surface area contributed by atoms with Crippen LogP contribution in [0.2, 0.25) is 0 Å². The summed E-state index contributed by atoms with van der Waals surface area (Å²) in [4.78, 5) is 34.8. The molecule has 2 aromatic rings. The van der Waals surface area contributed by atoms with Crippen LogP contribution in [0.15, 0.2) is 30.3 Å². The van der Waals surface area contributed by atoms with E-state index in [1.807, 2.05) is 37.3 Å². The zero-order valence-electron chi connectivity index (χ0n) is 14.3. The van der Waals surface area contributed by atoms with E-state index in [1.54, 1.807) is 4.90 Å². The van der Waals surface area contributed by atoms with Gasteiger partial charge in [-0.2, -0.15) is 0 Å². The van der Waals surface area contributed by atoms with Crippen LogP contribution in [0, 0.1) is 12.3 Å². The van der Waals surface area contributed by atoms with Crippen LogP contribution in [-0.4, -0.2) is 46.3 Å². The lowest BCUT2D eigenvalue weighted by Crippen LogP contribution is -2.47. The third-order valence-electron chi connectivity index (χ3n) is 5.37. The second-order valence-electron chi connectivity index (χ2n) is 7.04. The number of benzene rings is 1. The predicted octanol–water partition coefficient (Wildman–Crippen LogP) is 2.13. The molecule has 1 aromatic carbocycles. The molecule has 130 valence electrons. The SMILES string of the molecule is Cc1[nH]c(-c2ccccc2)nc1C(=O)N1CC[C@]2(CCCNC2=O)C1. The zero-order chi connectivity index (χ0) is 17.4. The molecule has 25 heavy (non-hydrogen) atoms. The summed E-state index contributed by atoms with van der Waals surface area (Å²) in [6.45, 7) is 3.71. The summed E-state index contributed by atoms with van der Waals surface area (Å²) in [5.74, 6) is 0.703. The van der Waals surface area contributed by atoms with Crippen LogP contribution in [0.25, 0.3) is 11.4 Å². The Morgan fingerprint density at radius 2 is 2.04 bits per heavy atom. The zero-order valence-corrected chi connectivity index (χ0v) is 14.3. The molecule has 0 radical (unpaired) electrons. The van der Waals surface area contributed by atoms with E-state index < -0.39 is 5.41 Å². The van der Waals surface area contributed by atoms with E-state index in [0.29, 0.717) is 24.6 Å². The van der Waals surface area contributed by atoms with Crippen molar-refractivity contribution in [3.63, 3.8) is 0 Å². The van der Waals surface area contributed by atoms with Crippen LogP contribution in [-0.2, 0) is 4.79 Å². The van der Waals surface area contributed by atoms with Gasteiger partial charge in [-0.3, -0.25) is 9.59 Å². The van der Waals surface area contributed by atoms with Crippen molar-refractivity contribution in [3.8, 4) is 11.4 Å². The Hall–Kier alpha value is -2.63. The van der Waals surface area contributed by atoms with Crippen molar-refractivity contribution in [1.29, 1.82) is 0 Å². The van der Waals surface area contributed by atoms with Crippen molar-refractivity contribution in [2.75, 3.05) is 19.6 Å². The molecule has 3 heterocycles. The smallest absolute Gasteiger partial charge is 0.274 e. The fourth-order valence-electron chi connectivity index (χ4n) is 3.92. The Bertz CT molecular complexity index is 814. The third-order valence-corrected chi connectivity index (χ3v) is 5.37. The summed E-state index contributed by atoms with van der Waals surface area (Å²) in [5, 5.41) is 2.95. The first kappa shape index (κ1) is 15.9. The molecule has 1 atom stereocenters. The summed E-state index contributed by atoms with van der Waals surface area (Å²) < 4.78 is 0. The van der Waals surface area contributed by atoms with Gasteiger partial charge >= 0.3 is 0 Å². The van der Waals surface area contributed by atoms with Crippen LogP contribution < -0.4 is 5.32 Å². The monoisotopic (exact) mass is 338 g/mol. The summed E-state index contributed by atoms with van der Waals surface area (Å²) in [6, 6.07) is 9.76. The van der Waals surface area contributed by atoms with E-state index in [2.05, 4.69) is 15.3 Å². The van der Waals surface area contributed by atoms with E-state index in [9.17, 15) is 9.59 Å². The number of aryl methyl sites for hydroxylation is 1. The first-order valence-electron chi connectivity index (χ1n) is 8.79. The number of piperidine rings is 1. The minimum atomic E-state index is -0.402. The number of nitrogens with one attached hydrogen (secondary N) is 2. The standard InChI is InChI=1S/C19H22N4O2/c1-13-15(22-16(21-13)14-6-3-2-4-7-14)17(24)23-11-9-19(12-23)8-5-10-20-18(19)25/h2-4,6-7H,5,8-12H2,1H3,(H,20,25)(H,21,22)/t19-/m1/s1. The average molecular weight is 338 g/mol. The number of aromatic amines is 1. The number of carbonyl (C=O) groups excluding carboxylic acids is 2. The van der Waals surface area contributed by atoms with Gasteiger partial charge in [0.25, 0.3) is 5.91 Å². The molecule has 2 amide bonds. The number of amides is 2. The van der Waals surface area contributed by atoms with Crippen molar-refractivity contribution >= 4 is 11.8 Å². The lowest BCUT2D eigenvalue weighted by molar-refractivity contribution is -0.132. The minimum absolute atomic E-state index is 0.0915. The Labute approximate surface area is 146 Å². The molecule has 1 spiro atoms. The Balaban J connectivity index is 1.56. The Kier molecular flexibility index (Phi) is 3.82.